The summed E-state index contributed by atoms with van der Waals surface area (Å²) in [6.07, 6.45) is 0.664. The lowest BCUT2D eigenvalue weighted by molar-refractivity contribution is -0.115. The van der Waals surface area contributed by atoms with E-state index in [9.17, 15) is 9.18 Å². The lowest BCUT2D eigenvalue weighted by Crippen LogP contribution is -2.44. The number of anilines is 1. The van der Waals surface area contributed by atoms with E-state index in [-0.39, 0.29) is 17.4 Å². The van der Waals surface area contributed by atoms with Crippen molar-refractivity contribution in [3.05, 3.63) is 120 Å². The van der Waals surface area contributed by atoms with Crippen molar-refractivity contribution >= 4 is 34.8 Å². The van der Waals surface area contributed by atoms with Crippen molar-refractivity contribution in [3.63, 3.8) is 0 Å². The second-order valence-corrected chi connectivity index (χ2v) is 12.2. The van der Waals surface area contributed by atoms with Crippen LogP contribution in [-0.4, -0.2) is 11.6 Å². The number of carbonyl (C=O) groups is 1. The third-order valence-electron chi connectivity index (χ3n) is 6.39. The van der Waals surface area contributed by atoms with Crippen LogP contribution in [0.1, 0.15) is 24.5 Å². The van der Waals surface area contributed by atoms with Crippen molar-refractivity contribution in [3.8, 4) is 0 Å². The van der Waals surface area contributed by atoms with E-state index in [1.165, 1.54) is 28.0 Å². The van der Waals surface area contributed by atoms with E-state index in [0.717, 1.165) is 11.1 Å². The summed E-state index contributed by atoms with van der Waals surface area (Å²) in [5.41, 5.74) is 1.84. The molecule has 0 aliphatic rings. The highest BCUT2D eigenvalue weighted by Crippen LogP contribution is 2.61. The van der Waals surface area contributed by atoms with E-state index in [2.05, 4.69) is 85.0 Å². The predicted molar refractivity (Wildman–Crippen MR) is 144 cm³/mol. The molecule has 172 valence electrons. The van der Waals surface area contributed by atoms with Gasteiger partial charge in [0.25, 0.3) is 5.91 Å². The van der Waals surface area contributed by atoms with Crippen LogP contribution in [0, 0.1) is 19.7 Å². The smallest absolute Gasteiger partial charge is 0.266 e. The Morgan fingerprint density at radius 2 is 1.15 bits per heavy atom. The first-order valence-corrected chi connectivity index (χ1v) is 13.5. The molecular formula is C30H30FNOP+. The molecule has 4 heteroatoms. The number of carbonyl (C=O) groups excluding carboxylic acids is 1. The minimum absolute atomic E-state index is 0.0369. The van der Waals surface area contributed by atoms with Gasteiger partial charge in [0, 0.05) is 5.69 Å². The molecule has 2 nitrogen and oxygen atoms in total. The fourth-order valence-electron chi connectivity index (χ4n) is 4.93. The third-order valence-corrected chi connectivity index (χ3v) is 11.3. The molecule has 0 radical (unpaired) electrons. The Morgan fingerprint density at radius 3 is 1.50 bits per heavy atom. The average molecular weight is 471 g/mol. The second kappa shape index (κ2) is 10.3. The first kappa shape index (κ1) is 23.9. The molecule has 0 heterocycles. The fourth-order valence-corrected chi connectivity index (χ4v) is 9.79. The van der Waals surface area contributed by atoms with Crippen molar-refractivity contribution in [2.24, 2.45) is 0 Å². The highest BCUT2D eigenvalue weighted by atomic mass is 31.2. The van der Waals surface area contributed by atoms with Crippen molar-refractivity contribution in [1.29, 1.82) is 0 Å². The molecule has 4 aromatic rings. The van der Waals surface area contributed by atoms with Crippen LogP contribution in [0.2, 0.25) is 0 Å². The van der Waals surface area contributed by atoms with Crippen LogP contribution in [-0.2, 0) is 4.79 Å². The van der Waals surface area contributed by atoms with Crippen molar-refractivity contribution in [2.45, 2.75) is 32.9 Å². The van der Waals surface area contributed by atoms with Crippen molar-refractivity contribution in [2.75, 3.05) is 5.32 Å². The van der Waals surface area contributed by atoms with Crippen molar-refractivity contribution < 1.29 is 9.18 Å². The number of hydrogen-bond acceptors (Lipinski definition) is 1. The summed E-state index contributed by atoms with van der Waals surface area (Å²) >= 11 is 0. The molecular weight excluding hydrogens is 440 g/mol. The summed E-state index contributed by atoms with van der Waals surface area (Å²) in [5.74, 6) is -0.329. The first-order valence-electron chi connectivity index (χ1n) is 11.6. The average Bonchev–Trinajstić information content (AvgIpc) is 2.86. The zero-order valence-electron chi connectivity index (χ0n) is 19.8. The molecule has 0 bridgehead atoms. The van der Waals surface area contributed by atoms with Gasteiger partial charge in [0.05, 0.1) is 0 Å². The largest absolute Gasteiger partial charge is 0.322 e. The van der Waals surface area contributed by atoms with Gasteiger partial charge < -0.3 is 5.32 Å². The molecule has 0 aromatic heterocycles. The van der Waals surface area contributed by atoms with Gasteiger partial charge in [-0.1, -0.05) is 61.5 Å². The zero-order valence-corrected chi connectivity index (χ0v) is 20.7. The molecule has 0 fully saturated rings. The fraction of sp³-hybridized carbons (Fsp3) is 0.167. The minimum atomic E-state index is -2.38. The van der Waals surface area contributed by atoms with E-state index in [1.54, 1.807) is 0 Å². The van der Waals surface area contributed by atoms with Crippen molar-refractivity contribution in [1.82, 2.24) is 0 Å². The van der Waals surface area contributed by atoms with Gasteiger partial charge in [-0.15, -0.1) is 0 Å². The molecule has 0 aliphatic carbocycles. The Labute approximate surface area is 202 Å². The maximum atomic E-state index is 14.1. The Hall–Kier alpha value is -3.29. The molecule has 1 amide bonds. The number of rotatable bonds is 7. The van der Waals surface area contributed by atoms with E-state index in [0.29, 0.717) is 12.1 Å². The lowest BCUT2D eigenvalue weighted by Gasteiger charge is -2.33. The van der Waals surface area contributed by atoms with Crippen LogP contribution in [0.25, 0.3) is 0 Å². The maximum absolute atomic E-state index is 14.1. The minimum Gasteiger partial charge on any atom is -0.322 e. The molecule has 0 spiro atoms. The number of hydrogen-bond donors (Lipinski definition) is 1. The van der Waals surface area contributed by atoms with Gasteiger partial charge in [-0.25, -0.2) is 4.39 Å². The number of benzene rings is 4. The highest BCUT2D eigenvalue weighted by Gasteiger charge is 2.54. The summed E-state index contributed by atoms with van der Waals surface area (Å²) in [6.45, 7) is 5.75. The third kappa shape index (κ3) is 4.41. The number of halogens is 1. The topological polar surface area (TPSA) is 29.1 Å². The number of aryl methyl sites for hydroxylation is 2. The van der Waals surface area contributed by atoms with Crippen LogP contribution < -0.4 is 21.2 Å². The van der Waals surface area contributed by atoms with Crippen LogP contribution in [0.15, 0.2) is 103 Å². The van der Waals surface area contributed by atoms with E-state index >= 15 is 0 Å². The summed E-state index contributed by atoms with van der Waals surface area (Å²) < 4.78 is 13.9. The molecule has 1 unspecified atom stereocenters. The predicted octanol–water partition coefficient (Wildman–Crippen LogP) is 6.15. The van der Waals surface area contributed by atoms with E-state index < -0.39 is 7.26 Å². The van der Waals surface area contributed by atoms with Gasteiger partial charge in [-0.2, -0.15) is 0 Å². The molecule has 0 saturated heterocycles. The van der Waals surface area contributed by atoms with Gasteiger partial charge >= 0.3 is 0 Å². The molecule has 0 saturated carbocycles. The van der Waals surface area contributed by atoms with Gasteiger partial charge in [0.2, 0.25) is 0 Å². The first-order chi connectivity index (χ1) is 16.5. The van der Waals surface area contributed by atoms with Gasteiger partial charge in [-0.3, -0.25) is 4.79 Å². The molecule has 4 aromatic carbocycles. The van der Waals surface area contributed by atoms with Gasteiger partial charge in [0.1, 0.15) is 29.0 Å². The summed E-state index contributed by atoms with van der Waals surface area (Å²) in [7, 11) is -2.38. The Balaban J connectivity index is 1.95. The molecule has 0 aliphatic heterocycles. The van der Waals surface area contributed by atoms with E-state index in [1.807, 2.05) is 32.0 Å². The quantitative estimate of drug-likeness (QED) is 0.322. The maximum Gasteiger partial charge on any atom is 0.266 e. The normalized spacial score (nSPS) is 12.2. The number of amides is 1. The monoisotopic (exact) mass is 470 g/mol. The standard InChI is InChI=1S/C30H29FNOP/c1-4-28(30(33)32-29-22(2)20-24(31)21-23(29)3)34(25-14-8-5-9-15-25,26-16-10-6-11-17-26)27-18-12-7-13-19-27/h5-21,28H,4H2,1-3H3/p+1. The van der Waals surface area contributed by atoms with Crippen LogP contribution in [0.5, 0.6) is 0 Å². The lowest BCUT2D eigenvalue weighted by atomic mass is 10.1. The van der Waals surface area contributed by atoms with E-state index in [4.69, 9.17) is 0 Å². The SMILES string of the molecule is CCC(C(=O)Nc1c(C)cc(F)cc1C)[P+](c1ccccc1)(c1ccccc1)c1ccccc1. The van der Waals surface area contributed by atoms with Crippen LogP contribution >= 0.6 is 7.26 Å². The summed E-state index contributed by atoms with van der Waals surface area (Å²) in [5, 5.41) is 6.70. The summed E-state index contributed by atoms with van der Waals surface area (Å²) in [4.78, 5) is 14.1. The zero-order chi connectivity index (χ0) is 24.1. The van der Waals surface area contributed by atoms with Gasteiger partial charge in [-0.05, 0) is 79.9 Å². The number of nitrogens with one attached hydrogen (secondary N) is 1. The molecule has 34 heavy (non-hydrogen) atoms. The second-order valence-electron chi connectivity index (χ2n) is 8.56. The Morgan fingerprint density at radius 1 is 0.765 bits per heavy atom. The van der Waals surface area contributed by atoms with Gasteiger partial charge in [0.15, 0.2) is 5.66 Å². The van der Waals surface area contributed by atoms with Crippen LogP contribution in [0.3, 0.4) is 0 Å². The molecule has 1 atom stereocenters. The Bertz CT molecular complexity index is 1140. The molecule has 1 N–H and O–H groups in total. The highest BCUT2D eigenvalue weighted by molar-refractivity contribution is 7.96. The van der Waals surface area contributed by atoms with Crippen LogP contribution in [0.4, 0.5) is 10.1 Å². The Kier molecular flexibility index (Phi) is 7.24. The molecule has 4 rings (SSSR count). The summed E-state index contributed by atoms with van der Waals surface area (Å²) in [6, 6.07) is 34.2.